The van der Waals surface area contributed by atoms with Crippen molar-refractivity contribution in [2.24, 2.45) is 5.14 Å². The van der Waals surface area contributed by atoms with Crippen molar-refractivity contribution < 1.29 is 13.2 Å². The van der Waals surface area contributed by atoms with Crippen molar-refractivity contribution >= 4 is 21.7 Å². The lowest BCUT2D eigenvalue weighted by atomic mass is 10.1. The van der Waals surface area contributed by atoms with E-state index in [1.807, 2.05) is 30.3 Å². The Morgan fingerprint density at radius 2 is 1.63 bits per heavy atom. The van der Waals surface area contributed by atoms with Crippen LogP contribution >= 0.6 is 0 Å². The highest BCUT2D eigenvalue weighted by Gasteiger charge is 2.07. The SMILES string of the molecule is COc1cnc(N)nc1Cc1ccccc1.Nc1ccc(S(N)(=O)=O)cc1. The molecule has 0 aliphatic rings. The van der Waals surface area contributed by atoms with Gasteiger partial charge in [-0.2, -0.15) is 0 Å². The van der Waals surface area contributed by atoms with Crippen LogP contribution in [0.15, 0.2) is 65.7 Å². The molecule has 1 aromatic heterocycles. The van der Waals surface area contributed by atoms with Crippen LogP contribution in [0.3, 0.4) is 0 Å². The fraction of sp³-hybridized carbons (Fsp3) is 0.111. The first-order chi connectivity index (χ1) is 12.8. The van der Waals surface area contributed by atoms with Gasteiger partial charge >= 0.3 is 0 Å². The number of hydrogen-bond donors (Lipinski definition) is 3. The van der Waals surface area contributed by atoms with Crippen LogP contribution in [0.2, 0.25) is 0 Å². The van der Waals surface area contributed by atoms with Crippen LogP contribution < -0.4 is 21.3 Å². The van der Waals surface area contributed by atoms with Crippen LogP contribution in [0, 0.1) is 0 Å². The second-order valence-corrected chi connectivity index (χ2v) is 7.08. The molecule has 0 amide bonds. The van der Waals surface area contributed by atoms with E-state index in [1.54, 1.807) is 13.3 Å². The molecular formula is C18H21N5O3S. The molecule has 3 rings (SSSR count). The summed E-state index contributed by atoms with van der Waals surface area (Å²) in [5.74, 6) is 0.935. The Labute approximate surface area is 158 Å². The monoisotopic (exact) mass is 387 g/mol. The number of hydrogen-bond acceptors (Lipinski definition) is 7. The molecule has 0 spiro atoms. The highest BCUT2D eigenvalue weighted by molar-refractivity contribution is 7.89. The second kappa shape index (κ2) is 8.97. The average molecular weight is 387 g/mol. The summed E-state index contributed by atoms with van der Waals surface area (Å²) in [7, 11) is -1.97. The van der Waals surface area contributed by atoms with Gasteiger partial charge in [0.25, 0.3) is 0 Å². The molecule has 1 heterocycles. The molecule has 0 saturated carbocycles. The van der Waals surface area contributed by atoms with Crippen molar-refractivity contribution in [3.8, 4) is 5.75 Å². The minimum Gasteiger partial charge on any atom is -0.493 e. The van der Waals surface area contributed by atoms with E-state index in [0.29, 0.717) is 17.9 Å². The van der Waals surface area contributed by atoms with Crippen LogP contribution in [-0.4, -0.2) is 25.5 Å². The number of nitrogen functional groups attached to an aromatic ring is 2. The predicted octanol–water partition coefficient (Wildman–Crippen LogP) is 1.57. The lowest BCUT2D eigenvalue weighted by molar-refractivity contribution is 0.406. The van der Waals surface area contributed by atoms with Gasteiger partial charge in [-0.3, -0.25) is 0 Å². The van der Waals surface area contributed by atoms with Crippen LogP contribution in [0.1, 0.15) is 11.3 Å². The third-order valence-corrected chi connectivity index (χ3v) is 4.42. The molecule has 0 aliphatic heterocycles. The third-order valence-electron chi connectivity index (χ3n) is 3.49. The molecule has 0 saturated heterocycles. The Hall–Kier alpha value is -3.17. The first-order valence-electron chi connectivity index (χ1n) is 7.87. The number of benzene rings is 2. The van der Waals surface area contributed by atoms with E-state index in [4.69, 9.17) is 21.3 Å². The molecule has 6 N–H and O–H groups in total. The van der Waals surface area contributed by atoms with Crippen molar-refractivity contribution in [2.45, 2.75) is 11.3 Å². The number of anilines is 2. The Kier molecular flexibility index (Phi) is 6.69. The molecule has 2 aromatic carbocycles. The number of rotatable bonds is 4. The van der Waals surface area contributed by atoms with E-state index in [9.17, 15) is 8.42 Å². The maximum Gasteiger partial charge on any atom is 0.238 e. The minimum absolute atomic E-state index is 0.0756. The summed E-state index contributed by atoms with van der Waals surface area (Å²) < 4.78 is 26.6. The molecule has 8 nitrogen and oxygen atoms in total. The summed E-state index contributed by atoms with van der Waals surface area (Å²) in [5.41, 5.74) is 13.4. The molecule has 0 aliphatic carbocycles. The molecule has 0 fully saturated rings. The number of sulfonamides is 1. The first kappa shape index (κ1) is 20.1. The fourth-order valence-corrected chi connectivity index (χ4v) is 2.68. The molecule has 0 radical (unpaired) electrons. The Morgan fingerprint density at radius 3 is 2.19 bits per heavy atom. The standard InChI is InChI=1S/C12H13N3O.C6H8N2O2S/c1-16-11-8-14-12(13)15-10(11)7-9-5-3-2-4-6-9;7-5-1-3-6(4-2-5)11(8,9)10/h2-6,8H,7H2,1H3,(H2,13,14,15);1-4H,7H2,(H2,8,9,10). The van der Waals surface area contributed by atoms with Crippen molar-refractivity contribution in [2.75, 3.05) is 18.6 Å². The normalized spacial score (nSPS) is 10.6. The van der Waals surface area contributed by atoms with Crippen molar-refractivity contribution in [3.05, 3.63) is 72.1 Å². The van der Waals surface area contributed by atoms with E-state index in [2.05, 4.69) is 9.97 Å². The van der Waals surface area contributed by atoms with Gasteiger partial charge in [-0.1, -0.05) is 30.3 Å². The summed E-state index contributed by atoms with van der Waals surface area (Å²) in [6, 6.07) is 15.7. The van der Waals surface area contributed by atoms with Crippen LogP contribution in [-0.2, 0) is 16.4 Å². The fourth-order valence-electron chi connectivity index (χ4n) is 2.17. The largest absolute Gasteiger partial charge is 0.493 e. The summed E-state index contributed by atoms with van der Waals surface area (Å²) in [6.45, 7) is 0. The van der Waals surface area contributed by atoms with E-state index < -0.39 is 10.0 Å². The zero-order chi connectivity index (χ0) is 19.9. The third kappa shape index (κ3) is 6.24. The topological polar surface area (TPSA) is 147 Å². The predicted molar refractivity (Wildman–Crippen MR) is 104 cm³/mol. The van der Waals surface area contributed by atoms with Gasteiger partial charge in [0.1, 0.15) is 0 Å². The quantitative estimate of drug-likeness (QED) is 0.576. The second-order valence-electron chi connectivity index (χ2n) is 5.52. The molecule has 0 unspecified atom stereocenters. The highest BCUT2D eigenvalue weighted by atomic mass is 32.2. The number of nitrogens with two attached hydrogens (primary N) is 3. The molecule has 142 valence electrons. The number of primary sulfonamides is 1. The van der Waals surface area contributed by atoms with Crippen molar-refractivity contribution in [3.63, 3.8) is 0 Å². The molecule has 27 heavy (non-hydrogen) atoms. The maximum absolute atomic E-state index is 10.7. The summed E-state index contributed by atoms with van der Waals surface area (Å²) in [5, 5.41) is 4.84. The smallest absolute Gasteiger partial charge is 0.238 e. The van der Waals surface area contributed by atoms with E-state index >= 15 is 0 Å². The van der Waals surface area contributed by atoms with Crippen LogP contribution in [0.5, 0.6) is 5.75 Å². The Morgan fingerprint density at radius 1 is 1.00 bits per heavy atom. The molecule has 0 bridgehead atoms. The summed E-state index contributed by atoms with van der Waals surface area (Å²) in [4.78, 5) is 8.15. The van der Waals surface area contributed by atoms with Gasteiger partial charge in [-0.05, 0) is 29.8 Å². The molecule has 9 heteroatoms. The molecular weight excluding hydrogens is 366 g/mol. The number of ether oxygens (including phenoxy) is 1. The first-order valence-corrected chi connectivity index (χ1v) is 9.42. The number of nitrogens with zero attached hydrogens (tertiary/aromatic N) is 2. The number of aromatic nitrogens is 2. The molecule has 3 aromatic rings. The van der Waals surface area contributed by atoms with Crippen molar-refractivity contribution in [1.82, 2.24) is 9.97 Å². The van der Waals surface area contributed by atoms with Gasteiger partial charge in [0, 0.05) is 12.1 Å². The zero-order valence-electron chi connectivity index (χ0n) is 14.7. The van der Waals surface area contributed by atoms with Crippen LogP contribution in [0.25, 0.3) is 0 Å². The Balaban J connectivity index is 0.000000208. The lowest BCUT2D eigenvalue weighted by Crippen LogP contribution is -2.11. The Bertz CT molecular complexity index is 978. The van der Waals surface area contributed by atoms with Gasteiger partial charge in [0.15, 0.2) is 5.75 Å². The van der Waals surface area contributed by atoms with Gasteiger partial charge in [0.2, 0.25) is 16.0 Å². The number of methoxy groups -OCH3 is 1. The zero-order valence-corrected chi connectivity index (χ0v) is 15.6. The van der Waals surface area contributed by atoms with Gasteiger partial charge in [-0.25, -0.2) is 23.5 Å². The molecule has 0 atom stereocenters. The maximum atomic E-state index is 10.7. The average Bonchev–Trinajstić information content (AvgIpc) is 2.63. The lowest BCUT2D eigenvalue weighted by Gasteiger charge is -2.07. The minimum atomic E-state index is -3.58. The summed E-state index contributed by atoms with van der Waals surface area (Å²) in [6.07, 6.45) is 2.29. The van der Waals surface area contributed by atoms with Gasteiger partial charge in [-0.15, -0.1) is 0 Å². The van der Waals surface area contributed by atoms with Crippen LogP contribution in [0.4, 0.5) is 11.6 Å². The van der Waals surface area contributed by atoms with Crippen molar-refractivity contribution in [1.29, 1.82) is 0 Å². The van der Waals surface area contributed by atoms with E-state index in [1.165, 1.54) is 29.8 Å². The highest BCUT2D eigenvalue weighted by Crippen LogP contribution is 2.18. The van der Waals surface area contributed by atoms with E-state index in [0.717, 1.165) is 5.69 Å². The van der Waals surface area contributed by atoms with Gasteiger partial charge < -0.3 is 16.2 Å². The van der Waals surface area contributed by atoms with Gasteiger partial charge in [0.05, 0.1) is 23.9 Å². The summed E-state index contributed by atoms with van der Waals surface area (Å²) >= 11 is 0. The van der Waals surface area contributed by atoms with E-state index in [-0.39, 0.29) is 10.8 Å².